The molecule has 0 amide bonds. The molecule has 3 aromatic carbocycles. The van der Waals surface area contributed by atoms with Gasteiger partial charge in [-0.05, 0) is 79.8 Å². The minimum atomic E-state index is -1.02. The van der Waals surface area contributed by atoms with Gasteiger partial charge in [0.25, 0.3) is 0 Å². The maximum absolute atomic E-state index is 15.0. The second-order valence-corrected chi connectivity index (χ2v) is 9.62. The number of rotatable bonds is 11. The first kappa shape index (κ1) is 27.9. The zero-order chi connectivity index (χ0) is 27.1. The summed E-state index contributed by atoms with van der Waals surface area (Å²) in [5, 5.41) is 0. The normalized spacial score (nSPS) is 15.4. The van der Waals surface area contributed by atoms with E-state index in [0.29, 0.717) is 42.4 Å². The topological polar surface area (TPSA) is 18.5 Å². The molecule has 0 spiro atoms. The lowest BCUT2D eigenvalue weighted by atomic mass is 9.90. The van der Waals surface area contributed by atoms with Crippen molar-refractivity contribution in [2.45, 2.75) is 64.9 Å². The van der Waals surface area contributed by atoms with Gasteiger partial charge in [0.1, 0.15) is 0 Å². The third kappa shape index (κ3) is 6.47. The smallest absolute Gasteiger partial charge is 0.201 e. The van der Waals surface area contributed by atoms with Crippen LogP contribution in [0.25, 0.3) is 16.7 Å². The quantitative estimate of drug-likeness (QED) is 0.184. The Morgan fingerprint density at radius 1 is 0.789 bits per heavy atom. The van der Waals surface area contributed by atoms with E-state index in [1.165, 1.54) is 12.1 Å². The van der Waals surface area contributed by atoms with Crippen molar-refractivity contribution < 1.29 is 27.0 Å². The second-order valence-electron chi connectivity index (χ2n) is 9.62. The Morgan fingerprint density at radius 2 is 1.53 bits per heavy atom. The van der Waals surface area contributed by atoms with Crippen LogP contribution < -0.4 is 4.74 Å². The van der Waals surface area contributed by atoms with E-state index in [1.807, 2.05) is 6.08 Å². The average Bonchev–Trinajstić information content (AvgIpc) is 2.93. The van der Waals surface area contributed by atoms with E-state index in [9.17, 15) is 17.6 Å². The summed E-state index contributed by atoms with van der Waals surface area (Å²) in [6.07, 6.45) is 7.22. The van der Waals surface area contributed by atoms with E-state index in [-0.39, 0.29) is 24.0 Å². The van der Waals surface area contributed by atoms with Gasteiger partial charge in [0.2, 0.25) is 5.82 Å². The highest BCUT2D eigenvalue weighted by molar-refractivity contribution is 5.67. The van der Waals surface area contributed by atoms with E-state index in [4.69, 9.17) is 9.47 Å². The van der Waals surface area contributed by atoms with Crippen molar-refractivity contribution in [1.82, 2.24) is 0 Å². The van der Waals surface area contributed by atoms with Crippen LogP contribution in [0.1, 0.15) is 62.6 Å². The van der Waals surface area contributed by atoms with Crippen molar-refractivity contribution in [3.63, 3.8) is 0 Å². The van der Waals surface area contributed by atoms with Gasteiger partial charge in [-0.1, -0.05) is 55.8 Å². The number of benzene rings is 3. The first-order valence-electron chi connectivity index (χ1n) is 13.4. The number of ether oxygens (including phenoxy) is 2. The fourth-order valence-electron chi connectivity index (χ4n) is 4.78. The van der Waals surface area contributed by atoms with E-state index in [1.54, 1.807) is 43.3 Å². The van der Waals surface area contributed by atoms with Crippen LogP contribution in [0.5, 0.6) is 5.75 Å². The van der Waals surface area contributed by atoms with E-state index < -0.39 is 23.3 Å². The first-order chi connectivity index (χ1) is 18.4. The lowest BCUT2D eigenvalue weighted by Gasteiger charge is -2.23. The molecule has 1 aliphatic rings. The summed E-state index contributed by atoms with van der Waals surface area (Å²) in [5.41, 5.74) is 3.01. The number of aryl methyl sites for hydroxylation is 2. The highest BCUT2D eigenvalue weighted by atomic mass is 19.2. The minimum Gasteiger partial charge on any atom is -0.491 e. The molecule has 0 radical (unpaired) electrons. The van der Waals surface area contributed by atoms with Crippen molar-refractivity contribution in [3.05, 3.63) is 94.6 Å². The Bertz CT molecular complexity index is 1270. The number of allylic oxidation sites excluding steroid dienone is 1. The molecule has 0 heterocycles. The molecular weight excluding hydrogens is 492 g/mol. The number of unbranched alkanes of at least 4 members (excludes halogenated alkanes) is 1. The molecule has 6 heteroatoms. The molecular formula is C32H34F4O2. The molecule has 202 valence electrons. The molecule has 3 aromatic rings. The van der Waals surface area contributed by atoms with Crippen LogP contribution in [0.2, 0.25) is 0 Å². The van der Waals surface area contributed by atoms with Crippen molar-refractivity contribution in [3.8, 4) is 16.9 Å². The largest absolute Gasteiger partial charge is 0.491 e. The summed E-state index contributed by atoms with van der Waals surface area (Å²) in [5.74, 6) is -3.71. The highest BCUT2D eigenvalue weighted by Gasteiger charge is 2.21. The molecule has 0 N–H and O–H groups in total. The molecule has 0 saturated heterocycles. The Balaban J connectivity index is 1.39. The fourth-order valence-corrected chi connectivity index (χ4v) is 4.78. The van der Waals surface area contributed by atoms with Crippen LogP contribution in [-0.4, -0.2) is 19.3 Å². The van der Waals surface area contributed by atoms with Crippen LogP contribution in [0.15, 0.2) is 54.6 Å². The van der Waals surface area contributed by atoms with Crippen LogP contribution >= 0.6 is 0 Å². The second kappa shape index (κ2) is 13.1. The maximum atomic E-state index is 15.0. The molecule has 1 aliphatic carbocycles. The SMILES string of the molecule is CCCCOC1CC=C(c2ccc(CCc3ccc(-c4ccc(OCC)c(F)c4F)cc3)c(F)c2F)CC1. The van der Waals surface area contributed by atoms with Gasteiger partial charge in [-0.25, -0.2) is 13.2 Å². The molecule has 0 bridgehead atoms. The maximum Gasteiger partial charge on any atom is 0.201 e. The van der Waals surface area contributed by atoms with Gasteiger partial charge in [-0.2, -0.15) is 4.39 Å². The van der Waals surface area contributed by atoms with Crippen LogP contribution in [0, 0.1) is 23.3 Å². The summed E-state index contributed by atoms with van der Waals surface area (Å²) in [7, 11) is 0. The number of halogens is 4. The Labute approximate surface area is 222 Å². The van der Waals surface area contributed by atoms with Gasteiger partial charge in [0.15, 0.2) is 23.2 Å². The predicted octanol–water partition coefficient (Wildman–Crippen LogP) is 8.85. The number of hydrogen-bond acceptors (Lipinski definition) is 2. The summed E-state index contributed by atoms with van der Waals surface area (Å²) < 4.78 is 69.7. The van der Waals surface area contributed by atoms with E-state index in [2.05, 4.69) is 6.92 Å². The molecule has 0 saturated carbocycles. The monoisotopic (exact) mass is 526 g/mol. The van der Waals surface area contributed by atoms with E-state index in [0.717, 1.165) is 37.0 Å². The van der Waals surface area contributed by atoms with Crippen LogP contribution in [0.3, 0.4) is 0 Å². The lowest BCUT2D eigenvalue weighted by molar-refractivity contribution is 0.0466. The van der Waals surface area contributed by atoms with Gasteiger partial charge in [0, 0.05) is 17.7 Å². The lowest BCUT2D eigenvalue weighted by Crippen LogP contribution is -2.16. The molecule has 4 rings (SSSR count). The van der Waals surface area contributed by atoms with Crippen molar-refractivity contribution in [2.75, 3.05) is 13.2 Å². The summed E-state index contributed by atoms with van der Waals surface area (Å²) in [4.78, 5) is 0. The Hall–Kier alpha value is -3.12. The van der Waals surface area contributed by atoms with Crippen molar-refractivity contribution in [1.29, 1.82) is 0 Å². The van der Waals surface area contributed by atoms with Crippen molar-refractivity contribution in [2.24, 2.45) is 0 Å². The van der Waals surface area contributed by atoms with Crippen LogP contribution in [-0.2, 0) is 17.6 Å². The van der Waals surface area contributed by atoms with Gasteiger partial charge < -0.3 is 9.47 Å². The van der Waals surface area contributed by atoms with Gasteiger partial charge >= 0.3 is 0 Å². The molecule has 1 atom stereocenters. The van der Waals surface area contributed by atoms with Gasteiger partial charge in [0.05, 0.1) is 12.7 Å². The average molecular weight is 527 g/mol. The highest BCUT2D eigenvalue weighted by Crippen LogP contribution is 2.33. The molecule has 0 aromatic heterocycles. The first-order valence-corrected chi connectivity index (χ1v) is 13.4. The zero-order valence-corrected chi connectivity index (χ0v) is 22.0. The molecule has 0 fully saturated rings. The third-order valence-electron chi connectivity index (χ3n) is 7.02. The van der Waals surface area contributed by atoms with Gasteiger partial charge in [-0.15, -0.1) is 0 Å². The summed E-state index contributed by atoms with van der Waals surface area (Å²) in [6, 6.07) is 13.2. The Morgan fingerprint density at radius 3 is 2.21 bits per heavy atom. The molecule has 2 nitrogen and oxygen atoms in total. The zero-order valence-electron chi connectivity index (χ0n) is 22.0. The van der Waals surface area contributed by atoms with Gasteiger partial charge in [-0.3, -0.25) is 0 Å². The van der Waals surface area contributed by atoms with E-state index >= 15 is 0 Å². The minimum absolute atomic E-state index is 0.119. The predicted molar refractivity (Wildman–Crippen MR) is 143 cm³/mol. The molecule has 38 heavy (non-hydrogen) atoms. The molecule has 0 aliphatic heterocycles. The summed E-state index contributed by atoms with van der Waals surface area (Å²) in [6.45, 7) is 4.80. The third-order valence-corrected chi connectivity index (χ3v) is 7.02. The molecule has 1 unspecified atom stereocenters. The fraction of sp³-hybridized carbons (Fsp3) is 0.375. The standard InChI is InChI=1S/C32H34F4O2/c1-3-5-20-38-25-15-12-23(13-16-25)26-17-14-24(29(33)30(26)34)11-8-21-6-9-22(10-7-21)27-18-19-28(37-4-2)32(36)31(27)35/h6-7,9-10,12,14,17-19,25H,3-5,8,11,13,15-16,20H2,1-2H3. The Kier molecular flexibility index (Phi) is 9.62. The van der Waals surface area contributed by atoms with Crippen molar-refractivity contribution >= 4 is 5.57 Å². The summed E-state index contributed by atoms with van der Waals surface area (Å²) >= 11 is 0. The van der Waals surface area contributed by atoms with Crippen LogP contribution in [0.4, 0.5) is 17.6 Å². The number of hydrogen-bond donors (Lipinski definition) is 0.